The number of carbonyl (C=O) groups is 2. The molecule has 1 saturated carbocycles. The van der Waals surface area contributed by atoms with E-state index in [1.165, 1.54) is 12.8 Å². The van der Waals surface area contributed by atoms with Crippen LogP contribution in [0.5, 0.6) is 0 Å². The molecule has 2 amide bonds. The Hall–Kier alpha value is -2.37. The van der Waals surface area contributed by atoms with Crippen LogP contribution in [0.2, 0.25) is 0 Å². The van der Waals surface area contributed by atoms with Gasteiger partial charge in [-0.15, -0.1) is 0 Å². The second kappa shape index (κ2) is 8.33. The van der Waals surface area contributed by atoms with Crippen LogP contribution in [-0.4, -0.2) is 45.4 Å². The lowest BCUT2D eigenvalue weighted by Gasteiger charge is -2.33. The predicted molar refractivity (Wildman–Crippen MR) is 109 cm³/mol. The molecule has 2 aromatic heterocycles. The quantitative estimate of drug-likeness (QED) is 0.863. The molecule has 2 aliphatic rings. The first-order valence-corrected chi connectivity index (χ1v) is 10.7. The molecule has 0 unspecified atom stereocenters. The third-order valence-corrected chi connectivity index (χ3v) is 6.20. The molecular weight excluding hydrogens is 352 g/mol. The zero-order valence-electron chi connectivity index (χ0n) is 16.7. The van der Waals surface area contributed by atoms with Gasteiger partial charge in [0.15, 0.2) is 0 Å². The van der Waals surface area contributed by atoms with Gasteiger partial charge in [0.2, 0.25) is 11.8 Å². The van der Waals surface area contributed by atoms with Crippen LogP contribution in [0.3, 0.4) is 0 Å². The van der Waals surface area contributed by atoms with Gasteiger partial charge >= 0.3 is 0 Å². The van der Waals surface area contributed by atoms with Crippen LogP contribution in [0.1, 0.15) is 63.5 Å². The summed E-state index contributed by atoms with van der Waals surface area (Å²) in [5, 5.41) is 4.26. The van der Waals surface area contributed by atoms with Crippen molar-refractivity contribution in [3.05, 3.63) is 30.1 Å². The largest absolute Gasteiger partial charge is 0.352 e. The Kier molecular flexibility index (Phi) is 5.64. The highest BCUT2D eigenvalue weighted by Gasteiger charge is 2.28. The fraction of sp³-hybridized carbons (Fsp3) is 0.591. The molecule has 1 aliphatic heterocycles. The standard InChI is InChI=1S/C22H30N4O2/c1-2-21(28)25-12-6-8-17(14-25)19-13-16-7-5-11-23-22(16)26(19)15-20(27)24-18-9-3-4-10-18/h5,7,11,13,17-18H,2-4,6,8-10,12,14-15H2,1H3,(H,24,27)/t17-/m1/s1. The summed E-state index contributed by atoms with van der Waals surface area (Å²) >= 11 is 0. The van der Waals surface area contributed by atoms with E-state index in [9.17, 15) is 9.59 Å². The number of nitrogens with zero attached hydrogens (tertiary/aromatic N) is 3. The lowest BCUT2D eigenvalue weighted by atomic mass is 9.94. The monoisotopic (exact) mass is 382 g/mol. The van der Waals surface area contributed by atoms with Gasteiger partial charge in [-0.1, -0.05) is 19.8 Å². The molecule has 0 aromatic carbocycles. The van der Waals surface area contributed by atoms with Gasteiger partial charge in [-0.05, 0) is 43.9 Å². The normalized spacial score (nSPS) is 20.6. The second-order valence-corrected chi connectivity index (χ2v) is 8.15. The van der Waals surface area contributed by atoms with Gasteiger partial charge in [-0.25, -0.2) is 4.98 Å². The van der Waals surface area contributed by atoms with Crippen molar-refractivity contribution in [2.75, 3.05) is 13.1 Å². The maximum absolute atomic E-state index is 12.7. The minimum Gasteiger partial charge on any atom is -0.352 e. The zero-order chi connectivity index (χ0) is 19.5. The van der Waals surface area contributed by atoms with E-state index in [-0.39, 0.29) is 17.7 Å². The smallest absolute Gasteiger partial charge is 0.240 e. The van der Waals surface area contributed by atoms with Gasteiger partial charge in [0, 0.05) is 48.7 Å². The molecule has 6 nitrogen and oxygen atoms in total. The molecule has 1 aliphatic carbocycles. The van der Waals surface area contributed by atoms with Gasteiger partial charge in [0.1, 0.15) is 12.2 Å². The molecule has 0 radical (unpaired) electrons. The maximum atomic E-state index is 12.7. The molecule has 150 valence electrons. The number of hydrogen-bond acceptors (Lipinski definition) is 3. The number of pyridine rings is 1. The van der Waals surface area contributed by atoms with Crippen LogP contribution >= 0.6 is 0 Å². The van der Waals surface area contributed by atoms with E-state index in [4.69, 9.17) is 0 Å². The highest BCUT2D eigenvalue weighted by atomic mass is 16.2. The summed E-state index contributed by atoms with van der Waals surface area (Å²) in [4.78, 5) is 31.5. The number of rotatable bonds is 5. The van der Waals surface area contributed by atoms with E-state index in [0.29, 0.717) is 19.0 Å². The van der Waals surface area contributed by atoms with Gasteiger partial charge in [-0.2, -0.15) is 0 Å². The SMILES string of the molecule is CCC(=O)N1CCC[C@@H](c2cc3cccnc3n2CC(=O)NC2CCCC2)C1. The second-order valence-electron chi connectivity index (χ2n) is 8.15. The average Bonchev–Trinajstić information content (AvgIpc) is 3.35. The molecule has 2 fully saturated rings. The van der Waals surface area contributed by atoms with E-state index in [1.807, 2.05) is 17.9 Å². The summed E-state index contributed by atoms with van der Waals surface area (Å²) in [5.41, 5.74) is 1.99. The lowest BCUT2D eigenvalue weighted by Crippen LogP contribution is -2.40. The number of likely N-dealkylation sites (tertiary alicyclic amines) is 1. The summed E-state index contributed by atoms with van der Waals surface area (Å²) in [6.45, 7) is 3.78. The van der Waals surface area contributed by atoms with E-state index in [1.54, 1.807) is 6.20 Å². The van der Waals surface area contributed by atoms with Crippen molar-refractivity contribution in [2.24, 2.45) is 0 Å². The number of piperidine rings is 1. The van der Waals surface area contributed by atoms with Gasteiger partial charge in [0.25, 0.3) is 0 Å². The van der Waals surface area contributed by atoms with Crippen molar-refractivity contribution in [3.8, 4) is 0 Å². The highest BCUT2D eigenvalue weighted by Crippen LogP contribution is 2.31. The first-order valence-electron chi connectivity index (χ1n) is 10.7. The third-order valence-electron chi connectivity index (χ3n) is 6.20. The number of nitrogens with one attached hydrogen (secondary N) is 1. The lowest BCUT2D eigenvalue weighted by molar-refractivity contribution is -0.132. The van der Waals surface area contributed by atoms with Crippen LogP contribution < -0.4 is 5.32 Å². The molecule has 0 bridgehead atoms. The van der Waals surface area contributed by atoms with E-state index >= 15 is 0 Å². The minimum atomic E-state index is 0.0635. The molecule has 1 atom stereocenters. The summed E-state index contributed by atoms with van der Waals surface area (Å²) in [6, 6.07) is 6.46. The molecule has 1 N–H and O–H groups in total. The zero-order valence-corrected chi connectivity index (χ0v) is 16.7. The maximum Gasteiger partial charge on any atom is 0.240 e. The fourth-order valence-corrected chi connectivity index (χ4v) is 4.77. The van der Waals surface area contributed by atoms with Crippen LogP contribution in [0.25, 0.3) is 11.0 Å². The highest BCUT2D eigenvalue weighted by molar-refractivity contribution is 5.82. The summed E-state index contributed by atoms with van der Waals surface area (Å²) in [5.74, 6) is 0.524. The first-order chi connectivity index (χ1) is 13.7. The number of hydrogen-bond donors (Lipinski definition) is 1. The first kappa shape index (κ1) is 19.0. The van der Waals surface area contributed by atoms with Gasteiger partial charge < -0.3 is 14.8 Å². The Labute approximate surface area is 166 Å². The Bertz CT molecular complexity index is 853. The van der Waals surface area contributed by atoms with Crippen molar-refractivity contribution in [2.45, 2.75) is 70.4 Å². The van der Waals surface area contributed by atoms with E-state index < -0.39 is 0 Å². The number of carbonyl (C=O) groups excluding carboxylic acids is 2. The molecule has 4 rings (SSSR count). The number of aromatic nitrogens is 2. The molecule has 0 spiro atoms. The van der Waals surface area contributed by atoms with E-state index in [0.717, 1.165) is 55.5 Å². The fourth-order valence-electron chi connectivity index (χ4n) is 4.77. The summed E-state index contributed by atoms with van der Waals surface area (Å²) < 4.78 is 2.07. The Morgan fingerprint density at radius 3 is 2.82 bits per heavy atom. The van der Waals surface area contributed by atoms with Gasteiger partial charge in [-0.3, -0.25) is 9.59 Å². The predicted octanol–water partition coefficient (Wildman–Crippen LogP) is 3.21. The van der Waals surface area contributed by atoms with Gasteiger partial charge in [0.05, 0.1) is 0 Å². The third kappa shape index (κ3) is 3.91. The Morgan fingerprint density at radius 2 is 2.04 bits per heavy atom. The molecule has 28 heavy (non-hydrogen) atoms. The molecule has 3 heterocycles. The van der Waals surface area contributed by atoms with Crippen LogP contribution in [0, 0.1) is 0 Å². The topological polar surface area (TPSA) is 67.2 Å². The van der Waals surface area contributed by atoms with Crippen molar-refractivity contribution in [1.82, 2.24) is 19.8 Å². The molecule has 6 heteroatoms. The molecule has 2 aromatic rings. The molecule has 1 saturated heterocycles. The Balaban J connectivity index is 1.59. The summed E-state index contributed by atoms with van der Waals surface area (Å²) in [6.07, 6.45) is 8.93. The molecular formula is C22H30N4O2. The average molecular weight is 383 g/mol. The van der Waals surface area contributed by atoms with Crippen molar-refractivity contribution >= 4 is 22.8 Å². The van der Waals surface area contributed by atoms with Crippen LogP contribution in [0.15, 0.2) is 24.4 Å². The van der Waals surface area contributed by atoms with Crippen molar-refractivity contribution < 1.29 is 9.59 Å². The van der Waals surface area contributed by atoms with Crippen LogP contribution in [-0.2, 0) is 16.1 Å². The summed E-state index contributed by atoms with van der Waals surface area (Å²) in [7, 11) is 0. The van der Waals surface area contributed by atoms with E-state index in [2.05, 4.69) is 27.0 Å². The minimum absolute atomic E-state index is 0.0635. The van der Waals surface area contributed by atoms with Crippen molar-refractivity contribution in [1.29, 1.82) is 0 Å². The van der Waals surface area contributed by atoms with Crippen LogP contribution in [0.4, 0.5) is 0 Å². The van der Waals surface area contributed by atoms with Crippen molar-refractivity contribution in [3.63, 3.8) is 0 Å². The number of fused-ring (bicyclic) bond motifs is 1. The Morgan fingerprint density at radius 1 is 1.21 bits per heavy atom. The number of amides is 2.